The van der Waals surface area contributed by atoms with Gasteiger partial charge in [0, 0.05) is 46.3 Å². The summed E-state index contributed by atoms with van der Waals surface area (Å²) in [7, 11) is 3.33. The van der Waals surface area contributed by atoms with E-state index in [0.29, 0.717) is 5.75 Å². The highest BCUT2D eigenvalue weighted by Crippen LogP contribution is 2.19. The van der Waals surface area contributed by atoms with Gasteiger partial charge in [-0.15, -0.1) is 24.0 Å². The zero-order valence-corrected chi connectivity index (χ0v) is 19.7. The van der Waals surface area contributed by atoms with Gasteiger partial charge < -0.3 is 15.0 Å². The van der Waals surface area contributed by atoms with E-state index in [1.54, 1.807) is 12.1 Å². The fourth-order valence-corrected chi connectivity index (χ4v) is 3.58. The summed E-state index contributed by atoms with van der Waals surface area (Å²) in [5.74, 6) is 2.20. The molecule has 0 aliphatic carbocycles. The molecule has 1 fully saturated rings. The van der Waals surface area contributed by atoms with E-state index >= 15 is 0 Å². The molecular weight excluding hydrogens is 478 g/mol. The van der Waals surface area contributed by atoms with Gasteiger partial charge in [-0.1, -0.05) is 6.07 Å². The Balaban J connectivity index is 0.00000364. The Morgan fingerprint density at radius 1 is 1.26 bits per heavy atom. The number of ether oxygens (including phenoxy) is 1. The minimum Gasteiger partial charge on any atom is -0.494 e. The standard InChI is InChI=1S/C19H31FN4OS.HI/c1-21-19(22-8-4-5-13-26-3)24-11-9-23(10-12-24)15-16-6-7-18(25-2)17(20)14-16;/h6-7,14H,4-5,8-13,15H2,1-3H3,(H,21,22);1H. The number of piperazine rings is 1. The lowest BCUT2D eigenvalue weighted by Gasteiger charge is -2.36. The second-order valence-electron chi connectivity index (χ2n) is 6.41. The highest BCUT2D eigenvalue weighted by atomic mass is 127. The maximum absolute atomic E-state index is 13.8. The van der Waals surface area contributed by atoms with Crippen LogP contribution in [0.4, 0.5) is 4.39 Å². The Hall–Kier alpha value is -0.740. The first-order chi connectivity index (χ1) is 12.7. The van der Waals surface area contributed by atoms with Crippen molar-refractivity contribution in [1.29, 1.82) is 0 Å². The number of nitrogens with zero attached hydrogens (tertiary/aromatic N) is 3. The molecule has 0 spiro atoms. The van der Waals surface area contributed by atoms with Crippen molar-refractivity contribution in [2.45, 2.75) is 19.4 Å². The largest absolute Gasteiger partial charge is 0.494 e. The smallest absolute Gasteiger partial charge is 0.193 e. The van der Waals surface area contributed by atoms with Gasteiger partial charge in [0.05, 0.1) is 7.11 Å². The number of halogens is 2. The Morgan fingerprint density at radius 2 is 2.00 bits per heavy atom. The van der Waals surface area contributed by atoms with Crippen molar-refractivity contribution in [2.75, 3.05) is 58.9 Å². The third-order valence-electron chi connectivity index (χ3n) is 4.56. The number of methoxy groups -OCH3 is 1. The number of hydrogen-bond donors (Lipinski definition) is 1. The van der Waals surface area contributed by atoms with Gasteiger partial charge in [-0.05, 0) is 42.5 Å². The van der Waals surface area contributed by atoms with Crippen molar-refractivity contribution >= 4 is 41.7 Å². The molecular formula is C19H32FIN4OS. The SMILES string of the molecule is CN=C(NCCCCSC)N1CCN(Cc2ccc(OC)c(F)c2)CC1.I. The summed E-state index contributed by atoms with van der Waals surface area (Å²) in [5.41, 5.74) is 0.980. The number of benzene rings is 1. The molecule has 0 atom stereocenters. The molecule has 5 nitrogen and oxygen atoms in total. The lowest BCUT2D eigenvalue weighted by Crippen LogP contribution is -2.52. The second kappa shape index (κ2) is 13.4. The fourth-order valence-electron chi connectivity index (χ4n) is 3.09. The molecule has 27 heavy (non-hydrogen) atoms. The molecule has 1 N–H and O–H groups in total. The number of thioether (sulfide) groups is 1. The molecule has 0 radical (unpaired) electrons. The minimum atomic E-state index is -0.297. The summed E-state index contributed by atoms with van der Waals surface area (Å²) >= 11 is 1.89. The Bertz CT molecular complexity index is 583. The van der Waals surface area contributed by atoms with E-state index in [1.807, 2.05) is 24.9 Å². The molecule has 0 bridgehead atoms. The molecule has 1 aliphatic rings. The molecule has 0 unspecified atom stereocenters. The van der Waals surface area contributed by atoms with E-state index in [2.05, 4.69) is 26.4 Å². The van der Waals surface area contributed by atoms with Gasteiger partial charge >= 0.3 is 0 Å². The van der Waals surface area contributed by atoms with E-state index in [0.717, 1.165) is 50.8 Å². The maximum atomic E-state index is 13.8. The zero-order valence-electron chi connectivity index (χ0n) is 16.5. The van der Waals surface area contributed by atoms with Crippen LogP contribution in [0.3, 0.4) is 0 Å². The molecule has 1 heterocycles. The zero-order chi connectivity index (χ0) is 18.8. The average Bonchev–Trinajstić information content (AvgIpc) is 2.66. The van der Waals surface area contributed by atoms with Crippen molar-refractivity contribution < 1.29 is 9.13 Å². The van der Waals surface area contributed by atoms with Crippen LogP contribution in [0.1, 0.15) is 18.4 Å². The van der Waals surface area contributed by atoms with Crippen LogP contribution in [0, 0.1) is 5.82 Å². The molecule has 1 aliphatic heterocycles. The monoisotopic (exact) mass is 510 g/mol. The highest BCUT2D eigenvalue weighted by molar-refractivity contribution is 14.0. The van der Waals surface area contributed by atoms with Crippen molar-refractivity contribution in [3.8, 4) is 5.75 Å². The average molecular weight is 510 g/mol. The molecule has 8 heteroatoms. The van der Waals surface area contributed by atoms with E-state index < -0.39 is 0 Å². The molecule has 0 aromatic heterocycles. The highest BCUT2D eigenvalue weighted by Gasteiger charge is 2.19. The number of rotatable bonds is 8. The van der Waals surface area contributed by atoms with E-state index in [9.17, 15) is 4.39 Å². The van der Waals surface area contributed by atoms with Gasteiger partial charge in [0.2, 0.25) is 0 Å². The topological polar surface area (TPSA) is 40.1 Å². The summed E-state index contributed by atoms with van der Waals surface area (Å²) in [6, 6.07) is 5.20. The summed E-state index contributed by atoms with van der Waals surface area (Å²) in [6.07, 6.45) is 4.55. The number of guanidine groups is 1. The van der Waals surface area contributed by atoms with Crippen molar-refractivity contribution in [1.82, 2.24) is 15.1 Å². The molecule has 0 saturated carbocycles. The fraction of sp³-hybridized carbons (Fsp3) is 0.632. The lowest BCUT2D eigenvalue weighted by molar-refractivity contribution is 0.172. The third kappa shape index (κ3) is 8.03. The predicted molar refractivity (Wildman–Crippen MR) is 124 cm³/mol. The van der Waals surface area contributed by atoms with Crippen LogP contribution in [0.5, 0.6) is 5.75 Å². The quantitative estimate of drug-likeness (QED) is 0.252. The number of hydrogen-bond acceptors (Lipinski definition) is 4. The lowest BCUT2D eigenvalue weighted by atomic mass is 10.2. The van der Waals surface area contributed by atoms with E-state index in [4.69, 9.17) is 4.74 Å². The number of nitrogens with one attached hydrogen (secondary N) is 1. The van der Waals surface area contributed by atoms with Gasteiger partial charge in [0.1, 0.15) is 0 Å². The molecule has 1 aromatic rings. The summed E-state index contributed by atoms with van der Waals surface area (Å²) in [6.45, 7) is 5.49. The molecule has 2 rings (SSSR count). The Morgan fingerprint density at radius 3 is 2.59 bits per heavy atom. The van der Waals surface area contributed by atoms with Crippen molar-refractivity contribution in [3.63, 3.8) is 0 Å². The van der Waals surface area contributed by atoms with Crippen LogP contribution in [0.2, 0.25) is 0 Å². The van der Waals surface area contributed by atoms with Crippen molar-refractivity contribution in [3.05, 3.63) is 29.6 Å². The van der Waals surface area contributed by atoms with Gasteiger partial charge in [0.25, 0.3) is 0 Å². The Labute approximate surface area is 184 Å². The van der Waals surface area contributed by atoms with Crippen LogP contribution in [0.15, 0.2) is 23.2 Å². The maximum Gasteiger partial charge on any atom is 0.193 e. The predicted octanol–water partition coefficient (Wildman–Crippen LogP) is 3.29. The molecule has 1 saturated heterocycles. The number of aliphatic imine (C=N–C) groups is 1. The molecule has 154 valence electrons. The first-order valence-electron chi connectivity index (χ1n) is 9.17. The van der Waals surface area contributed by atoms with Crippen LogP contribution in [-0.2, 0) is 6.54 Å². The minimum absolute atomic E-state index is 0. The van der Waals surface area contributed by atoms with E-state index in [1.165, 1.54) is 25.7 Å². The van der Waals surface area contributed by atoms with Gasteiger partial charge in [0.15, 0.2) is 17.5 Å². The number of unbranched alkanes of at least 4 members (excludes halogenated alkanes) is 1. The summed E-state index contributed by atoms with van der Waals surface area (Å²) < 4.78 is 18.8. The van der Waals surface area contributed by atoms with Gasteiger partial charge in [-0.2, -0.15) is 11.8 Å². The first-order valence-corrected chi connectivity index (χ1v) is 10.6. The molecule has 1 aromatic carbocycles. The van der Waals surface area contributed by atoms with Crippen LogP contribution < -0.4 is 10.1 Å². The van der Waals surface area contributed by atoms with Crippen LogP contribution in [0.25, 0.3) is 0 Å². The van der Waals surface area contributed by atoms with Crippen LogP contribution >= 0.6 is 35.7 Å². The van der Waals surface area contributed by atoms with E-state index in [-0.39, 0.29) is 29.8 Å². The third-order valence-corrected chi connectivity index (χ3v) is 5.26. The second-order valence-corrected chi connectivity index (χ2v) is 7.39. The van der Waals surface area contributed by atoms with Gasteiger partial charge in [-0.3, -0.25) is 9.89 Å². The summed E-state index contributed by atoms with van der Waals surface area (Å²) in [4.78, 5) is 9.07. The normalized spacial score (nSPS) is 15.4. The Kier molecular flexibility index (Phi) is 12.1. The molecule has 0 amide bonds. The van der Waals surface area contributed by atoms with Gasteiger partial charge in [-0.25, -0.2) is 4.39 Å². The van der Waals surface area contributed by atoms with Crippen LogP contribution in [-0.4, -0.2) is 74.6 Å². The summed E-state index contributed by atoms with van der Waals surface area (Å²) in [5, 5.41) is 3.47. The van der Waals surface area contributed by atoms with Crippen molar-refractivity contribution in [2.24, 2.45) is 4.99 Å². The first kappa shape index (κ1) is 24.3.